The van der Waals surface area contributed by atoms with Crippen molar-refractivity contribution in [2.45, 2.75) is 20.5 Å². The van der Waals surface area contributed by atoms with Gasteiger partial charge in [-0.1, -0.05) is 12.1 Å². The number of aromatic nitrogens is 2. The third-order valence-corrected chi connectivity index (χ3v) is 5.50. The number of fused-ring (bicyclic) bond motifs is 3. The van der Waals surface area contributed by atoms with Gasteiger partial charge >= 0.3 is 0 Å². The standard InChI is InChI=1S/C18H17N3O2S/c1-10-16(11(2)21(3)20-10)19-18(22)15-8-12-9-23-14-7-5-4-6-13(14)17(12)24-15/h4-8H,9H2,1-3H3,(H,19,22). The van der Waals surface area contributed by atoms with Gasteiger partial charge in [0.15, 0.2) is 0 Å². The van der Waals surface area contributed by atoms with Crippen molar-refractivity contribution in [3.8, 4) is 16.2 Å². The molecule has 0 radical (unpaired) electrons. The molecule has 24 heavy (non-hydrogen) atoms. The maximum atomic E-state index is 12.7. The van der Waals surface area contributed by atoms with Gasteiger partial charge in [-0.15, -0.1) is 11.3 Å². The fourth-order valence-electron chi connectivity index (χ4n) is 2.94. The van der Waals surface area contributed by atoms with Gasteiger partial charge in [0, 0.05) is 23.1 Å². The highest BCUT2D eigenvalue weighted by molar-refractivity contribution is 7.17. The van der Waals surface area contributed by atoms with Gasteiger partial charge < -0.3 is 10.1 Å². The quantitative estimate of drug-likeness (QED) is 0.770. The Balaban J connectivity index is 1.67. The van der Waals surface area contributed by atoms with Gasteiger partial charge in [-0.05, 0) is 32.0 Å². The average Bonchev–Trinajstić information content (AvgIpc) is 3.12. The summed E-state index contributed by atoms with van der Waals surface area (Å²) in [6, 6.07) is 9.85. The summed E-state index contributed by atoms with van der Waals surface area (Å²) in [6.45, 7) is 4.34. The van der Waals surface area contributed by atoms with Crippen LogP contribution >= 0.6 is 11.3 Å². The predicted molar refractivity (Wildman–Crippen MR) is 94.7 cm³/mol. The zero-order valence-electron chi connectivity index (χ0n) is 13.7. The van der Waals surface area contributed by atoms with Gasteiger partial charge in [0.2, 0.25) is 0 Å². The molecule has 1 amide bonds. The number of hydrogen-bond acceptors (Lipinski definition) is 4. The lowest BCUT2D eigenvalue weighted by Crippen LogP contribution is -2.11. The highest BCUT2D eigenvalue weighted by Crippen LogP contribution is 2.42. The first-order valence-corrected chi connectivity index (χ1v) is 8.52. The van der Waals surface area contributed by atoms with Crippen LogP contribution in [0.5, 0.6) is 5.75 Å². The molecule has 4 rings (SSSR count). The number of hydrogen-bond donors (Lipinski definition) is 1. The van der Waals surface area contributed by atoms with Crippen molar-refractivity contribution >= 4 is 22.9 Å². The first kappa shape index (κ1) is 15.0. The smallest absolute Gasteiger partial charge is 0.265 e. The molecular weight excluding hydrogens is 322 g/mol. The van der Waals surface area contributed by atoms with E-state index >= 15 is 0 Å². The van der Waals surface area contributed by atoms with Gasteiger partial charge in [-0.25, -0.2) is 0 Å². The molecule has 1 aromatic carbocycles. The number of carbonyl (C=O) groups excluding carboxylic acids is 1. The summed E-state index contributed by atoms with van der Waals surface area (Å²) < 4.78 is 7.54. The Morgan fingerprint density at radius 1 is 1.33 bits per heavy atom. The second-order valence-corrected chi connectivity index (χ2v) is 6.93. The van der Waals surface area contributed by atoms with E-state index in [4.69, 9.17) is 4.74 Å². The van der Waals surface area contributed by atoms with E-state index in [-0.39, 0.29) is 5.91 Å². The van der Waals surface area contributed by atoms with Crippen molar-refractivity contribution in [1.82, 2.24) is 9.78 Å². The molecule has 1 aliphatic heterocycles. The minimum absolute atomic E-state index is 0.105. The van der Waals surface area contributed by atoms with Crippen molar-refractivity contribution in [3.63, 3.8) is 0 Å². The molecule has 0 aliphatic carbocycles. The van der Waals surface area contributed by atoms with Crippen molar-refractivity contribution in [3.05, 3.63) is 52.2 Å². The minimum Gasteiger partial charge on any atom is -0.488 e. The molecule has 0 saturated carbocycles. The van der Waals surface area contributed by atoms with Crippen molar-refractivity contribution < 1.29 is 9.53 Å². The van der Waals surface area contributed by atoms with E-state index in [1.165, 1.54) is 11.3 Å². The molecule has 3 aromatic rings. The topological polar surface area (TPSA) is 56.2 Å². The van der Waals surface area contributed by atoms with Crippen LogP contribution in [0.15, 0.2) is 30.3 Å². The van der Waals surface area contributed by atoms with E-state index in [1.807, 2.05) is 51.2 Å². The van der Waals surface area contributed by atoms with Crippen LogP contribution in [0.1, 0.15) is 26.6 Å². The Morgan fingerprint density at radius 3 is 2.88 bits per heavy atom. The Hall–Kier alpha value is -2.60. The summed E-state index contributed by atoms with van der Waals surface area (Å²) in [4.78, 5) is 14.5. The zero-order valence-corrected chi connectivity index (χ0v) is 14.5. The van der Waals surface area contributed by atoms with Crippen molar-refractivity contribution in [2.24, 2.45) is 7.05 Å². The second kappa shape index (κ2) is 5.49. The molecule has 3 heterocycles. The van der Waals surface area contributed by atoms with Crippen molar-refractivity contribution in [2.75, 3.05) is 5.32 Å². The second-order valence-electron chi connectivity index (χ2n) is 5.87. The summed E-state index contributed by atoms with van der Waals surface area (Å²) in [5, 5.41) is 7.33. The minimum atomic E-state index is -0.105. The number of aryl methyl sites for hydroxylation is 2. The normalized spacial score (nSPS) is 12.3. The number of benzene rings is 1. The molecule has 0 fully saturated rings. The monoisotopic (exact) mass is 339 g/mol. The number of carbonyl (C=O) groups is 1. The van der Waals surface area contributed by atoms with Crippen LogP contribution < -0.4 is 10.1 Å². The molecule has 2 aromatic heterocycles. The number of nitrogens with one attached hydrogen (secondary N) is 1. The van der Waals surface area contributed by atoms with Gasteiger partial charge in [0.05, 0.1) is 22.0 Å². The van der Waals surface area contributed by atoms with Crippen LogP contribution in [0, 0.1) is 13.8 Å². The molecule has 0 unspecified atom stereocenters. The molecule has 6 heteroatoms. The van der Waals surface area contributed by atoms with E-state index in [2.05, 4.69) is 10.4 Å². The number of nitrogens with zero attached hydrogens (tertiary/aromatic N) is 2. The summed E-state index contributed by atoms with van der Waals surface area (Å²) in [5.74, 6) is 0.767. The molecule has 0 saturated heterocycles. The van der Waals surface area contributed by atoms with Crippen LogP contribution in [-0.4, -0.2) is 15.7 Å². The lowest BCUT2D eigenvalue weighted by Gasteiger charge is -2.16. The first-order valence-electron chi connectivity index (χ1n) is 7.71. The summed E-state index contributed by atoms with van der Waals surface area (Å²) in [6.07, 6.45) is 0. The third-order valence-electron chi connectivity index (χ3n) is 4.30. The Bertz CT molecular complexity index is 955. The molecular formula is C18H17N3O2S. The molecule has 0 atom stereocenters. The van der Waals surface area contributed by atoms with Crippen LogP contribution in [0.3, 0.4) is 0 Å². The largest absolute Gasteiger partial charge is 0.488 e. The third kappa shape index (κ3) is 2.30. The summed E-state index contributed by atoms with van der Waals surface area (Å²) in [7, 11) is 1.87. The van der Waals surface area contributed by atoms with Crippen molar-refractivity contribution in [1.29, 1.82) is 0 Å². The predicted octanol–water partition coefficient (Wildman–Crippen LogP) is 3.91. The van der Waals surface area contributed by atoms with E-state index in [0.717, 1.165) is 38.8 Å². The highest BCUT2D eigenvalue weighted by atomic mass is 32.1. The Labute approximate surface area is 143 Å². The first-order chi connectivity index (χ1) is 11.5. The fraction of sp³-hybridized carbons (Fsp3) is 0.222. The van der Waals surface area contributed by atoms with Gasteiger partial charge in [-0.2, -0.15) is 5.10 Å². The van der Waals surface area contributed by atoms with Crippen LogP contribution in [0.4, 0.5) is 5.69 Å². The summed E-state index contributed by atoms with van der Waals surface area (Å²) >= 11 is 1.50. The SMILES string of the molecule is Cc1nn(C)c(C)c1NC(=O)c1cc2c(s1)-c1ccccc1OC2. The number of amides is 1. The highest BCUT2D eigenvalue weighted by Gasteiger charge is 2.23. The van der Waals surface area contributed by atoms with Crippen LogP contribution in [0.2, 0.25) is 0 Å². The lowest BCUT2D eigenvalue weighted by molar-refractivity contribution is 0.103. The van der Waals surface area contributed by atoms with Gasteiger partial charge in [0.1, 0.15) is 12.4 Å². The zero-order chi connectivity index (χ0) is 16.8. The van der Waals surface area contributed by atoms with Crippen LogP contribution in [-0.2, 0) is 13.7 Å². The number of para-hydroxylation sites is 1. The average molecular weight is 339 g/mol. The molecule has 0 spiro atoms. The number of rotatable bonds is 2. The molecule has 0 bridgehead atoms. The molecule has 5 nitrogen and oxygen atoms in total. The lowest BCUT2D eigenvalue weighted by atomic mass is 10.1. The Kier molecular flexibility index (Phi) is 3.42. The van der Waals surface area contributed by atoms with Crippen LogP contribution in [0.25, 0.3) is 10.4 Å². The number of anilines is 1. The molecule has 1 N–H and O–H groups in total. The van der Waals surface area contributed by atoms with Gasteiger partial charge in [0.25, 0.3) is 5.91 Å². The van der Waals surface area contributed by atoms with Gasteiger partial charge in [-0.3, -0.25) is 9.48 Å². The number of ether oxygens (including phenoxy) is 1. The molecule has 122 valence electrons. The summed E-state index contributed by atoms with van der Waals surface area (Å²) in [5.41, 5.74) is 4.65. The van der Waals surface area contributed by atoms with E-state index in [9.17, 15) is 4.79 Å². The van der Waals surface area contributed by atoms with E-state index in [0.29, 0.717) is 11.5 Å². The maximum absolute atomic E-state index is 12.7. The molecule has 1 aliphatic rings. The maximum Gasteiger partial charge on any atom is 0.265 e. The van der Waals surface area contributed by atoms with E-state index in [1.54, 1.807) is 4.68 Å². The fourth-order valence-corrected chi connectivity index (χ4v) is 4.03. The van der Waals surface area contributed by atoms with E-state index < -0.39 is 0 Å². The number of thiophene rings is 1. The Morgan fingerprint density at radius 2 is 2.12 bits per heavy atom.